The Morgan fingerprint density at radius 2 is 1.96 bits per heavy atom. The fourth-order valence-corrected chi connectivity index (χ4v) is 4.51. The zero-order valence-electron chi connectivity index (χ0n) is 15.5. The van der Waals surface area contributed by atoms with Crippen molar-refractivity contribution in [3.63, 3.8) is 0 Å². The second-order valence-electron chi connectivity index (χ2n) is 7.55. The van der Waals surface area contributed by atoms with Crippen LogP contribution in [-0.4, -0.2) is 43.4 Å². The summed E-state index contributed by atoms with van der Waals surface area (Å²) in [5.74, 6) is -0.386. The van der Waals surface area contributed by atoms with Gasteiger partial charge < -0.3 is 14.4 Å². The number of amides is 1. The second kappa shape index (κ2) is 6.69. The van der Waals surface area contributed by atoms with Gasteiger partial charge in [-0.15, -0.1) is 0 Å². The molecule has 26 heavy (non-hydrogen) atoms. The molecule has 1 heterocycles. The molecule has 1 aromatic carbocycles. The quantitative estimate of drug-likeness (QED) is 0.783. The van der Waals surface area contributed by atoms with Crippen LogP contribution in [0, 0.1) is 17.9 Å². The van der Waals surface area contributed by atoms with Crippen molar-refractivity contribution in [2.75, 3.05) is 26.8 Å². The number of hydrogen-bond donors (Lipinski definition) is 0. The number of ether oxygens (including phenoxy) is 1. The van der Waals surface area contributed by atoms with Gasteiger partial charge in [0.05, 0.1) is 18.6 Å². The smallest absolute Gasteiger partial charge is 0.236 e. The predicted molar refractivity (Wildman–Crippen MR) is 98.2 cm³/mol. The van der Waals surface area contributed by atoms with Crippen molar-refractivity contribution in [1.29, 1.82) is 0 Å². The third-order valence-electron chi connectivity index (χ3n) is 5.87. The molecule has 1 aliphatic heterocycles. The van der Waals surface area contributed by atoms with E-state index in [0.717, 1.165) is 5.56 Å². The van der Waals surface area contributed by atoms with Gasteiger partial charge in [0.2, 0.25) is 11.6 Å². The first-order valence-electron chi connectivity index (χ1n) is 8.88. The Morgan fingerprint density at radius 1 is 1.27 bits per heavy atom. The lowest BCUT2D eigenvalue weighted by molar-refractivity contribution is -0.149. The monoisotopic (exact) mass is 352 g/mol. The standard InChI is InChI=1S/C21H24N2O3/c1-20(2)17-10-11-23(12-13-26-4)19(25)21(17,14-16(22-3)18(20)24)15-8-6-5-7-9-15/h5-9,14,17H,10-13H2,1-2,4H3/t17-,21+/m0/s1. The molecule has 0 N–H and O–H groups in total. The Balaban J connectivity index is 2.23. The second-order valence-corrected chi connectivity index (χ2v) is 7.55. The number of hydrogen-bond acceptors (Lipinski definition) is 3. The molecule has 1 aliphatic carbocycles. The number of carbonyl (C=O) groups excluding carboxylic acids is 2. The number of likely N-dealkylation sites (tertiary alicyclic amines) is 1. The van der Waals surface area contributed by atoms with Crippen molar-refractivity contribution < 1.29 is 14.3 Å². The zero-order chi connectivity index (χ0) is 18.9. The molecule has 0 bridgehead atoms. The molecule has 1 fully saturated rings. The fraction of sp³-hybridized carbons (Fsp3) is 0.476. The molecule has 0 saturated carbocycles. The summed E-state index contributed by atoms with van der Waals surface area (Å²) in [5.41, 5.74) is -0.839. The summed E-state index contributed by atoms with van der Waals surface area (Å²) in [6, 6.07) is 9.56. The van der Waals surface area contributed by atoms with Gasteiger partial charge in [0.15, 0.2) is 5.78 Å². The molecular weight excluding hydrogens is 328 g/mol. The molecule has 1 aromatic rings. The summed E-state index contributed by atoms with van der Waals surface area (Å²) in [5, 5.41) is 0. The molecule has 2 aliphatic rings. The number of piperidine rings is 1. The highest BCUT2D eigenvalue weighted by Gasteiger charge is 2.60. The van der Waals surface area contributed by atoms with E-state index in [1.807, 2.05) is 44.2 Å². The Kier molecular flexibility index (Phi) is 4.72. The van der Waals surface area contributed by atoms with Gasteiger partial charge in [-0.2, -0.15) is 0 Å². The fourth-order valence-electron chi connectivity index (χ4n) is 4.51. The van der Waals surface area contributed by atoms with Crippen LogP contribution in [0.15, 0.2) is 42.1 Å². The van der Waals surface area contributed by atoms with Crippen LogP contribution in [0.2, 0.25) is 0 Å². The number of nitrogens with zero attached hydrogens (tertiary/aromatic N) is 2. The van der Waals surface area contributed by atoms with Crippen LogP contribution >= 0.6 is 0 Å². The van der Waals surface area contributed by atoms with Crippen LogP contribution in [0.5, 0.6) is 0 Å². The predicted octanol–water partition coefficient (Wildman–Crippen LogP) is 2.83. The minimum absolute atomic E-state index is 0.0428. The summed E-state index contributed by atoms with van der Waals surface area (Å²) in [6.45, 7) is 12.8. The highest BCUT2D eigenvalue weighted by molar-refractivity contribution is 6.06. The Morgan fingerprint density at radius 3 is 2.58 bits per heavy atom. The minimum atomic E-state index is -0.982. The third kappa shape index (κ3) is 2.57. The van der Waals surface area contributed by atoms with E-state index < -0.39 is 10.8 Å². The van der Waals surface area contributed by atoms with Gasteiger partial charge in [0, 0.05) is 25.6 Å². The largest absolute Gasteiger partial charge is 0.383 e. The third-order valence-corrected chi connectivity index (χ3v) is 5.87. The van der Waals surface area contributed by atoms with Crippen LogP contribution in [0.3, 0.4) is 0 Å². The van der Waals surface area contributed by atoms with Crippen LogP contribution < -0.4 is 0 Å². The van der Waals surface area contributed by atoms with E-state index in [2.05, 4.69) is 4.85 Å². The van der Waals surface area contributed by atoms with Crippen LogP contribution in [0.1, 0.15) is 25.8 Å². The highest BCUT2D eigenvalue weighted by atomic mass is 16.5. The molecule has 5 heteroatoms. The van der Waals surface area contributed by atoms with E-state index in [9.17, 15) is 9.59 Å². The van der Waals surface area contributed by atoms with Crippen LogP contribution in [0.4, 0.5) is 0 Å². The number of allylic oxidation sites excluding steroid dienone is 1. The number of rotatable bonds is 4. The van der Waals surface area contributed by atoms with E-state index in [-0.39, 0.29) is 23.3 Å². The lowest BCUT2D eigenvalue weighted by atomic mass is 9.52. The number of benzene rings is 1. The summed E-state index contributed by atoms with van der Waals surface area (Å²) in [7, 11) is 1.61. The van der Waals surface area contributed by atoms with Crippen molar-refractivity contribution in [2.45, 2.75) is 25.7 Å². The zero-order valence-corrected chi connectivity index (χ0v) is 15.5. The molecule has 0 aromatic heterocycles. The Bertz CT molecular complexity index is 791. The van der Waals surface area contributed by atoms with Crippen molar-refractivity contribution >= 4 is 11.7 Å². The van der Waals surface area contributed by atoms with Gasteiger partial charge >= 0.3 is 0 Å². The Labute approximate surface area is 154 Å². The SMILES string of the molecule is [C-]#[N+]C1=C[C@]2(c3ccccc3)C(=O)N(CCOC)CC[C@H]2C(C)(C)C1=O. The number of fused-ring (bicyclic) bond motifs is 1. The first-order valence-corrected chi connectivity index (χ1v) is 8.88. The maximum atomic E-state index is 13.7. The van der Waals surface area contributed by atoms with Crippen LogP contribution in [0.25, 0.3) is 4.85 Å². The molecule has 5 nitrogen and oxygen atoms in total. The molecule has 0 unspecified atom stereocenters. The summed E-state index contributed by atoms with van der Waals surface area (Å²) < 4.78 is 5.16. The summed E-state index contributed by atoms with van der Waals surface area (Å²) >= 11 is 0. The first kappa shape index (κ1) is 18.3. The topological polar surface area (TPSA) is 51.0 Å². The van der Waals surface area contributed by atoms with Gasteiger partial charge in [-0.25, -0.2) is 4.85 Å². The van der Waals surface area contributed by atoms with E-state index in [1.54, 1.807) is 18.1 Å². The number of ketones is 1. The van der Waals surface area contributed by atoms with E-state index in [1.165, 1.54) is 0 Å². The number of carbonyl (C=O) groups is 2. The van der Waals surface area contributed by atoms with Crippen molar-refractivity contribution in [3.05, 3.63) is 59.1 Å². The molecule has 2 atom stereocenters. The van der Waals surface area contributed by atoms with Gasteiger partial charge in [0.25, 0.3) is 0 Å². The van der Waals surface area contributed by atoms with Crippen molar-refractivity contribution in [2.24, 2.45) is 11.3 Å². The number of Topliss-reactive ketones (excluding diaryl/α,β-unsaturated/α-hetero) is 1. The van der Waals surface area contributed by atoms with Gasteiger partial charge in [0.1, 0.15) is 0 Å². The van der Waals surface area contributed by atoms with Gasteiger partial charge in [-0.1, -0.05) is 50.3 Å². The van der Waals surface area contributed by atoms with Crippen molar-refractivity contribution in [1.82, 2.24) is 4.90 Å². The van der Waals surface area contributed by atoms with Crippen molar-refractivity contribution in [3.8, 4) is 0 Å². The summed E-state index contributed by atoms with van der Waals surface area (Å²) in [4.78, 5) is 31.8. The van der Waals surface area contributed by atoms with E-state index >= 15 is 0 Å². The average Bonchev–Trinajstić information content (AvgIpc) is 2.65. The average molecular weight is 352 g/mol. The van der Waals surface area contributed by atoms with E-state index in [4.69, 9.17) is 11.3 Å². The lowest BCUT2D eigenvalue weighted by Crippen LogP contribution is -2.62. The van der Waals surface area contributed by atoms with Gasteiger partial charge in [-0.05, 0) is 17.9 Å². The molecule has 3 rings (SSSR count). The Hall–Kier alpha value is -2.45. The van der Waals surface area contributed by atoms with Crippen LogP contribution in [-0.2, 0) is 19.7 Å². The first-order chi connectivity index (χ1) is 12.4. The van der Waals surface area contributed by atoms with E-state index in [0.29, 0.717) is 26.1 Å². The van der Waals surface area contributed by atoms with Gasteiger partial charge in [-0.3, -0.25) is 4.79 Å². The summed E-state index contributed by atoms with van der Waals surface area (Å²) in [6.07, 6.45) is 2.35. The molecule has 136 valence electrons. The maximum absolute atomic E-state index is 13.7. The number of methoxy groups -OCH3 is 1. The normalized spacial score (nSPS) is 27.5. The lowest BCUT2D eigenvalue weighted by Gasteiger charge is -2.53. The molecule has 0 radical (unpaired) electrons. The highest BCUT2D eigenvalue weighted by Crippen LogP contribution is 2.54. The minimum Gasteiger partial charge on any atom is -0.383 e. The molecule has 0 spiro atoms. The molecular formula is C21H24N2O3. The molecule has 1 saturated heterocycles. The maximum Gasteiger partial charge on any atom is 0.236 e. The molecule has 1 amide bonds.